The summed E-state index contributed by atoms with van der Waals surface area (Å²) in [7, 11) is -4.00. The number of likely N-dealkylation sites (N-methyl/N-ethyl adjacent to an activating group) is 1. The van der Waals surface area contributed by atoms with Crippen LogP contribution in [0.3, 0.4) is 0 Å². The maximum absolute atomic E-state index is 13.0. The van der Waals surface area contributed by atoms with Crippen LogP contribution in [0.4, 0.5) is 5.69 Å². The van der Waals surface area contributed by atoms with Crippen LogP contribution in [0.2, 0.25) is 0 Å². The van der Waals surface area contributed by atoms with Gasteiger partial charge in [0.15, 0.2) is 0 Å². The molecule has 8 nitrogen and oxygen atoms in total. The molecule has 1 aliphatic rings. The van der Waals surface area contributed by atoms with Crippen molar-refractivity contribution in [1.82, 2.24) is 9.62 Å². The summed E-state index contributed by atoms with van der Waals surface area (Å²) in [6.07, 6.45) is 1.71. The predicted molar refractivity (Wildman–Crippen MR) is 96.9 cm³/mol. The quantitative estimate of drug-likeness (QED) is 0.713. The number of hydrogen-bond acceptors (Lipinski definition) is 6. The van der Waals surface area contributed by atoms with Crippen LogP contribution >= 0.6 is 0 Å². The van der Waals surface area contributed by atoms with Crippen molar-refractivity contribution in [2.24, 2.45) is 0 Å². The monoisotopic (exact) mass is 391 g/mol. The highest BCUT2D eigenvalue weighted by atomic mass is 32.2. The third kappa shape index (κ3) is 4.63. The van der Waals surface area contributed by atoms with E-state index in [9.17, 15) is 16.8 Å². The third-order valence-corrected chi connectivity index (χ3v) is 7.44. The minimum atomic E-state index is -3.72. The Morgan fingerprint density at radius 1 is 1.28 bits per heavy atom. The van der Waals surface area contributed by atoms with Crippen molar-refractivity contribution >= 4 is 25.7 Å². The van der Waals surface area contributed by atoms with E-state index in [1.807, 2.05) is 7.05 Å². The van der Waals surface area contributed by atoms with Gasteiger partial charge in [0.25, 0.3) is 0 Å². The number of ether oxygens (including phenoxy) is 1. The highest BCUT2D eigenvalue weighted by Crippen LogP contribution is 2.31. The van der Waals surface area contributed by atoms with Crippen LogP contribution in [-0.2, 0) is 20.0 Å². The van der Waals surface area contributed by atoms with E-state index < -0.39 is 20.0 Å². The molecule has 1 heterocycles. The number of rotatable bonds is 7. The number of sulfonamides is 2. The van der Waals surface area contributed by atoms with E-state index >= 15 is 0 Å². The topological polar surface area (TPSA) is 105 Å². The molecule has 1 aromatic rings. The number of nitrogens with zero attached hydrogens (tertiary/aromatic N) is 1. The zero-order valence-electron chi connectivity index (χ0n) is 14.6. The van der Waals surface area contributed by atoms with E-state index in [2.05, 4.69) is 10.0 Å². The Morgan fingerprint density at radius 2 is 2.00 bits per heavy atom. The van der Waals surface area contributed by atoms with Crippen LogP contribution in [0.1, 0.15) is 19.8 Å². The fraction of sp³-hybridized carbons (Fsp3) is 0.600. The molecule has 0 amide bonds. The van der Waals surface area contributed by atoms with Gasteiger partial charge in [0, 0.05) is 25.2 Å². The Balaban J connectivity index is 2.34. The zero-order chi connectivity index (χ0) is 18.7. The number of methoxy groups -OCH3 is 1. The summed E-state index contributed by atoms with van der Waals surface area (Å²) in [5.74, 6) is 0.0389. The van der Waals surface area contributed by atoms with Gasteiger partial charge >= 0.3 is 0 Å². The van der Waals surface area contributed by atoms with Gasteiger partial charge in [-0.3, -0.25) is 4.72 Å². The van der Waals surface area contributed by atoms with E-state index in [0.717, 1.165) is 12.8 Å². The van der Waals surface area contributed by atoms with Crippen LogP contribution in [0, 0.1) is 0 Å². The lowest BCUT2D eigenvalue weighted by molar-refractivity contribution is 0.291. The van der Waals surface area contributed by atoms with Crippen molar-refractivity contribution in [3.8, 4) is 5.75 Å². The minimum Gasteiger partial charge on any atom is -0.495 e. The second-order valence-corrected chi connectivity index (χ2v) is 9.78. The van der Waals surface area contributed by atoms with Crippen LogP contribution in [0.25, 0.3) is 0 Å². The Kier molecular flexibility index (Phi) is 6.30. The van der Waals surface area contributed by atoms with Crippen molar-refractivity contribution in [1.29, 1.82) is 0 Å². The van der Waals surface area contributed by atoms with Crippen molar-refractivity contribution in [2.45, 2.75) is 30.7 Å². The summed E-state index contributed by atoms with van der Waals surface area (Å²) in [5.41, 5.74) is 0.268. The number of benzene rings is 1. The van der Waals surface area contributed by atoms with Gasteiger partial charge in [-0.25, -0.2) is 16.8 Å². The lowest BCUT2D eigenvalue weighted by Gasteiger charge is -2.32. The second-order valence-electron chi connectivity index (χ2n) is 5.86. The lowest BCUT2D eigenvalue weighted by Crippen LogP contribution is -2.46. The van der Waals surface area contributed by atoms with Crippen molar-refractivity contribution in [2.75, 3.05) is 37.7 Å². The van der Waals surface area contributed by atoms with Gasteiger partial charge < -0.3 is 10.1 Å². The first-order chi connectivity index (χ1) is 11.7. The summed E-state index contributed by atoms with van der Waals surface area (Å²) in [4.78, 5) is 0.0335. The fourth-order valence-electron chi connectivity index (χ4n) is 2.73. The highest BCUT2D eigenvalue weighted by Gasteiger charge is 2.32. The van der Waals surface area contributed by atoms with Crippen molar-refractivity contribution < 1.29 is 21.6 Å². The molecule has 1 unspecified atom stereocenters. The summed E-state index contributed by atoms with van der Waals surface area (Å²) >= 11 is 0. The van der Waals surface area contributed by atoms with Gasteiger partial charge in [-0.05, 0) is 38.9 Å². The average molecular weight is 392 g/mol. The predicted octanol–water partition coefficient (Wildman–Crippen LogP) is 0.829. The van der Waals surface area contributed by atoms with Crippen molar-refractivity contribution in [3.63, 3.8) is 0 Å². The normalized spacial score (nSPS) is 19.6. The Hall–Kier alpha value is -1.36. The van der Waals surface area contributed by atoms with Gasteiger partial charge in [-0.1, -0.05) is 0 Å². The van der Waals surface area contributed by atoms with Crippen LogP contribution in [-0.4, -0.2) is 60.2 Å². The first-order valence-electron chi connectivity index (χ1n) is 8.09. The van der Waals surface area contributed by atoms with Gasteiger partial charge in [0.05, 0.1) is 18.6 Å². The molecule has 2 rings (SSSR count). The number of piperidine rings is 1. The molecule has 1 aliphatic heterocycles. The van der Waals surface area contributed by atoms with E-state index in [0.29, 0.717) is 13.1 Å². The largest absolute Gasteiger partial charge is 0.495 e. The van der Waals surface area contributed by atoms with Gasteiger partial charge in [0.1, 0.15) is 10.6 Å². The molecule has 1 fully saturated rings. The first kappa shape index (κ1) is 20.0. The first-order valence-corrected chi connectivity index (χ1v) is 11.2. The number of hydrogen-bond donors (Lipinski definition) is 2. The van der Waals surface area contributed by atoms with Crippen LogP contribution in [0.5, 0.6) is 5.75 Å². The molecular formula is C15H25N3O5S2. The molecule has 0 bridgehead atoms. The SMILES string of the molecule is CCS(=O)(=O)Nc1ccc(S(=O)(=O)N2CCCC(NC)C2)c(OC)c1. The Labute approximate surface area is 149 Å². The molecule has 25 heavy (non-hydrogen) atoms. The molecule has 0 saturated carbocycles. The fourth-order valence-corrected chi connectivity index (χ4v) is 5.02. The summed E-state index contributed by atoms with van der Waals surface area (Å²) in [6.45, 7) is 2.37. The Morgan fingerprint density at radius 3 is 2.60 bits per heavy atom. The van der Waals surface area contributed by atoms with E-state index in [4.69, 9.17) is 4.74 Å². The molecule has 1 aromatic carbocycles. The van der Waals surface area contributed by atoms with Crippen molar-refractivity contribution in [3.05, 3.63) is 18.2 Å². The summed E-state index contributed by atoms with van der Waals surface area (Å²) in [5, 5.41) is 3.11. The lowest BCUT2D eigenvalue weighted by atomic mass is 10.1. The minimum absolute atomic E-state index is 0.0335. The number of anilines is 1. The van der Waals surface area contributed by atoms with Crippen LogP contribution in [0.15, 0.2) is 23.1 Å². The van der Waals surface area contributed by atoms with Crippen LogP contribution < -0.4 is 14.8 Å². The molecular weight excluding hydrogens is 366 g/mol. The summed E-state index contributed by atoms with van der Waals surface area (Å²) in [6, 6.07) is 4.32. The molecule has 1 saturated heterocycles. The van der Waals surface area contributed by atoms with E-state index in [1.165, 1.54) is 36.5 Å². The summed E-state index contributed by atoms with van der Waals surface area (Å²) < 4.78 is 58.3. The molecule has 2 N–H and O–H groups in total. The Bertz CT molecular complexity index is 808. The molecule has 10 heteroatoms. The maximum Gasteiger partial charge on any atom is 0.246 e. The average Bonchev–Trinajstić information content (AvgIpc) is 2.61. The third-order valence-electron chi connectivity index (χ3n) is 4.23. The second kappa shape index (κ2) is 7.90. The van der Waals surface area contributed by atoms with Gasteiger partial charge in [-0.15, -0.1) is 0 Å². The van der Waals surface area contributed by atoms with Gasteiger partial charge in [0.2, 0.25) is 20.0 Å². The van der Waals surface area contributed by atoms with Gasteiger partial charge in [-0.2, -0.15) is 4.31 Å². The smallest absolute Gasteiger partial charge is 0.246 e. The molecule has 0 radical (unpaired) electrons. The molecule has 1 atom stereocenters. The number of nitrogens with one attached hydrogen (secondary N) is 2. The standard InChI is InChI=1S/C15H25N3O5S2/c1-4-24(19,20)17-12-7-8-15(14(10-12)23-3)25(21,22)18-9-5-6-13(11-18)16-2/h7-8,10,13,16-17H,4-6,9,11H2,1-3H3. The maximum atomic E-state index is 13.0. The van der Waals surface area contributed by atoms with E-state index in [1.54, 1.807) is 0 Å². The molecule has 0 aromatic heterocycles. The zero-order valence-corrected chi connectivity index (χ0v) is 16.3. The molecule has 142 valence electrons. The van der Waals surface area contributed by atoms with E-state index in [-0.39, 0.29) is 28.1 Å². The molecule has 0 aliphatic carbocycles. The highest BCUT2D eigenvalue weighted by molar-refractivity contribution is 7.92. The molecule has 0 spiro atoms.